The van der Waals surface area contributed by atoms with E-state index in [0.717, 1.165) is 0 Å². The number of nitrogens with zero attached hydrogens (tertiary/aromatic N) is 1. The van der Waals surface area contributed by atoms with E-state index in [1.807, 2.05) is 0 Å². The van der Waals surface area contributed by atoms with E-state index in [1.54, 1.807) is 54.6 Å². The van der Waals surface area contributed by atoms with E-state index >= 15 is 0 Å². The molecule has 2 aliphatic heterocycles. The van der Waals surface area contributed by atoms with Crippen LogP contribution >= 0.6 is 0 Å². The molecule has 3 aromatic rings. The second-order valence-electron chi connectivity index (χ2n) is 7.53. The quantitative estimate of drug-likeness (QED) is 0.358. The number of benzene rings is 3. The third-order valence-corrected chi connectivity index (χ3v) is 5.61. The molecule has 0 saturated carbocycles. The van der Waals surface area contributed by atoms with Gasteiger partial charge in [0.2, 0.25) is 6.79 Å². The maximum Gasteiger partial charge on any atom is 0.300 e. The van der Waals surface area contributed by atoms with Crippen molar-refractivity contribution in [2.45, 2.75) is 6.04 Å². The average Bonchev–Trinajstić information content (AvgIpc) is 3.40. The lowest BCUT2D eigenvalue weighted by molar-refractivity contribution is -0.132. The summed E-state index contributed by atoms with van der Waals surface area (Å²) in [6.45, 7) is 0.0586. The Balaban J connectivity index is 1.71. The van der Waals surface area contributed by atoms with Gasteiger partial charge < -0.3 is 24.4 Å². The molecular formula is C25H19NO7. The Bertz CT molecular complexity index is 1310. The van der Waals surface area contributed by atoms with Crippen molar-refractivity contribution >= 4 is 23.1 Å². The van der Waals surface area contributed by atoms with E-state index in [0.29, 0.717) is 34.1 Å². The second-order valence-corrected chi connectivity index (χ2v) is 7.53. The molecule has 1 fully saturated rings. The molecule has 2 heterocycles. The Labute approximate surface area is 188 Å². The zero-order valence-corrected chi connectivity index (χ0v) is 17.5. The van der Waals surface area contributed by atoms with Crippen molar-refractivity contribution in [2.75, 3.05) is 18.8 Å². The predicted molar refractivity (Wildman–Crippen MR) is 118 cm³/mol. The summed E-state index contributed by atoms with van der Waals surface area (Å²) in [5.41, 5.74) is 1.06. The number of phenols is 1. The highest BCUT2D eigenvalue weighted by Crippen LogP contribution is 2.44. The summed E-state index contributed by atoms with van der Waals surface area (Å²) in [7, 11) is 1.50. The minimum absolute atomic E-state index is 0.0354. The van der Waals surface area contributed by atoms with Gasteiger partial charge in [-0.3, -0.25) is 14.5 Å². The van der Waals surface area contributed by atoms with Crippen LogP contribution in [0.1, 0.15) is 17.2 Å². The predicted octanol–water partition coefficient (Wildman–Crippen LogP) is 3.76. The van der Waals surface area contributed by atoms with Crippen LogP contribution in [0.3, 0.4) is 0 Å². The van der Waals surface area contributed by atoms with Gasteiger partial charge in [-0.25, -0.2) is 0 Å². The number of carbonyl (C=O) groups is 2. The summed E-state index contributed by atoms with van der Waals surface area (Å²) in [4.78, 5) is 27.7. The minimum atomic E-state index is -0.977. The van der Waals surface area contributed by atoms with Gasteiger partial charge in [-0.15, -0.1) is 0 Å². The molecule has 2 aliphatic rings. The lowest BCUT2D eigenvalue weighted by Crippen LogP contribution is -2.29. The van der Waals surface area contributed by atoms with Crippen LogP contribution < -0.4 is 19.1 Å². The summed E-state index contributed by atoms with van der Waals surface area (Å²) in [6.07, 6.45) is 0. The Hall–Kier alpha value is -4.46. The van der Waals surface area contributed by atoms with Gasteiger partial charge >= 0.3 is 0 Å². The molecule has 1 atom stereocenters. The number of rotatable bonds is 4. The Morgan fingerprint density at radius 1 is 1.00 bits per heavy atom. The maximum atomic E-state index is 13.2. The third kappa shape index (κ3) is 3.41. The topological polar surface area (TPSA) is 106 Å². The number of aliphatic hydroxyl groups is 1. The number of ketones is 1. The van der Waals surface area contributed by atoms with Crippen LogP contribution in [0.15, 0.2) is 72.3 Å². The first-order valence-corrected chi connectivity index (χ1v) is 10.1. The highest BCUT2D eigenvalue weighted by molar-refractivity contribution is 6.51. The molecule has 8 heteroatoms. The molecule has 0 aromatic heterocycles. The number of Topliss-reactive ketones (excluding diaryl/α,β-unsaturated/α-hetero) is 1. The summed E-state index contributed by atoms with van der Waals surface area (Å²) in [5, 5.41) is 21.3. The van der Waals surface area contributed by atoms with Gasteiger partial charge in [-0.2, -0.15) is 0 Å². The molecule has 2 N–H and O–H groups in total. The first kappa shape index (κ1) is 20.4. The molecule has 0 spiro atoms. The molecule has 0 bridgehead atoms. The number of hydrogen-bond acceptors (Lipinski definition) is 7. The molecule has 5 rings (SSSR count). The molecule has 0 radical (unpaired) electrons. The summed E-state index contributed by atoms with van der Waals surface area (Å²) < 4.78 is 16.0. The van der Waals surface area contributed by atoms with Crippen molar-refractivity contribution in [2.24, 2.45) is 0 Å². The van der Waals surface area contributed by atoms with E-state index in [1.165, 1.54) is 24.1 Å². The monoisotopic (exact) mass is 445 g/mol. The second kappa shape index (κ2) is 7.90. The number of methoxy groups -OCH3 is 1. The highest BCUT2D eigenvalue weighted by atomic mass is 16.7. The zero-order valence-electron chi connectivity index (χ0n) is 17.5. The standard InChI is InChI=1S/C25H19NO7/c1-31-18-7-3-5-16(12-18)26-22(14-4-2-6-17(27)10-14)21(24(29)25(26)30)23(28)15-8-9-19-20(11-15)33-13-32-19/h2-12,22,27-28H,13H2,1H3/b23-21-. The van der Waals surface area contributed by atoms with Crippen molar-refractivity contribution in [1.29, 1.82) is 0 Å². The minimum Gasteiger partial charge on any atom is -0.508 e. The van der Waals surface area contributed by atoms with Gasteiger partial charge in [-0.1, -0.05) is 18.2 Å². The first-order valence-electron chi connectivity index (χ1n) is 10.1. The fraction of sp³-hybridized carbons (Fsp3) is 0.120. The number of carbonyl (C=O) groups excluding carboxylic acids is 2. The van der Waals surface area contributed by atoms with Crippen LogP contribution in [0.25, 0.3) is 5.76 Å². The number of amides is 1. The molecule has 166 valence electrons. The molecular weight excluding hydrogens is 426 g/mol. The van der Waals surface area contributed by atoms with Crippen LogP contribution in [0.5, 0.6) is 23.0 Å². The van der Waals surface area contributed by atoms with Crippen LogP contribution in [-0.2, 0) is 9.59 Å². The molecule has 3 aromatic carbocycles. The maximum absolute atomic E-state index is 13.2. The van der Waals surface area contributed by atoms with Gasteiger partial charge in [0.25, 0.3) is 11.7 Å². The van der Waals surface area contributed by atoms with Crippen LogP contribution in [0.4, 0.5) is 5.69 Å². The fourth-order valence-electron chi connectivity index (χ4n) is 4.07. The van der Waals surface area contributed by atoms with Gasteiger partial charge in [-0.05, 0) is 48.0 Å². The van der Waals surface area contributed by atoms with E-state index in [-0.39, 0.29) is 23.9 Å². The normalized spacial score (nSPS) is 18.6. The SMILES string of the molecule is COc1cccc(N2C(=O)C(=O)/C(=C(\O)c3ccc4c(c3)OCO4)C2c2cccc(O)c2)c1. The van der Waals surface area contributed by atoms with Gasteiger partial charge in [0, 0.05) is 17.3 Å². The number of ether oxygens (including phenoxy) is 3. The van der Waals surface area contributed by atoms with Gasteiger partial charge in [0.05, 0.1) is 18.7 Å². The summed E-state index contributed by atoms with van der Waals surface area (Å²) >= 11 is 0. The number of phenolic OH excluding ortho intramolecular Hbond substituents is 1. The summed E-state index contributed by atoms with van der Waals surface area (Å²) in [6, 6.07) is 16.7. The summed E-state index contributed by atoms with van der Waals surface area (Å²) in [5.74, 6) is -0.597. The Morgan fingerprint density at radius 3 is 2.58 bits per heavy atom. The third-order valence-electron chi connectivity index (χ3n) is 5.61. The highest BCUT2D eigenvalue weighted by Gasteiger charge is 2.47. The Morgan fingerprint density at radius 2 is 1.79 bits per heavy atom. The van der Waals surface area contributed by atoms with Crippen molar-refractivity contribution in [3.8, 4) is 23.0 Å². The van der Waals surface area contributed by atoms with Crippen molar-refractivity contribution in [1.82, 2.24) is 0 Å². The smallest absolute Gasteiger partial charge is 0.300 e. The van der Waals surface area contributed by atoms with E-state index in [2.05, 4.69) is 0 Å². The number of fused-ring (bicyclic) bond motifs is 1. The lowest BCUT2D eigenvalue weighted by Gasteiger charge is -2.25. The molecule has 1 saturated heterocycles. The van der Waals surface area contributed by atoms with Gasteiger partial charge in [0.1, 0.15) is 17.3 Å². The largest absolute Gasteiger partial charge is 0.508 e. The number of aromatic hydroxyl groups is 1. The molecule has 1 amide bonds. The Kier molecular flexibility index (Phi) is 4.90. The lowest BCUT2D eigenvalue weighted by atomic mass is 9.95. The zero-order chi connectivity index (χ0) is 23.1. The van der Waals surface area contributed by atoms with Crippen molar-refractivity contribution < 1.29 is 34.0 Å². The van der Waals surface area contributed by atoms with Gasteiger partial charge in [0.15, 0.2) is 11.5 Å². The van der Waals surface area contributed by atoms with Crippen molar-refractivity contribution in [3.05, 3.63) is 83.4 Å². The molecule has 33 heavy (non-hydrogen) atoms. The number of anilines is 1. The number of hydrogen-bond donors (Lipinski definition) is 2. The fourth-order valence-corrected chi connectivity index (χ4v) is 4.07. The first-order chi connectivity index (χ1) is 16.0. The van der Waals surface area contributed by atoms with Crippen LogP contribution in [0, 0.1) is 0 Å². The van der Waals surface area contributed by atoms with E-state index < -0.39 is 17.7 Å². The molecule has 8 nitrogen and oxygen atoms in total. The number of aliphatic hydroxyl groups excluding tert-OH is 1. The van der Waals surface area contributed by atoms with Crippen LogP contribution in [0.2, 0.25) is 0 Å². The molecule has 1 unspecified atom stereocenters. The van der Waals surface area contributed by atoms with E-state index in [4.69, 9.17) is 14.2 Å². The average molecular weight is 445 g/mol. The van der Waals surface area contributed by atoms with Crippen molar-refractivity contribution in [3.63, 3.8) is 0 Å². The van der Waals surface area contributed by atoms with Crippen LogP contribution in [-0.4, -0.2) is 35.8 Å². The molecule has 0 aliphatic carbocycles. The van der Waals surface area contributed by atoms with E-state index in [9.17, 15) is 19.8 Å².